The highest BCUT2D eigenvalue weighted by atomic mass is 127. The van der Waals surface area contributed by atoms with Crippen LogP contribution in [-0.4, -0.2) is 25.5 Å². The maximum atomic E-state index is 11.2. The van der Waals surface area contributed by atoms with Gasteiger partial charge in [0.25, 0.3) is 0 Å². The number of primary amides is 1. The van der Waals surface area contributed by atoms with Crippen LogP contribution in [-0.2, 0) is 6.54 Å². The second-order valence-electron chi connectivity index (χ2n) is 5.33. The lowest BCUT2D eigenvalue weighted by Crippen LogP contribution is -2.38. The summed E-state index contributed by atoms with van der Waals surface area (Å²) >= 11 is 1.71. The van der Waals surface area contributed by atoms with Crippen LogP contribution in [0.5, 0.6) is 0 Å². The van der Waals surface area contributed by atoms with E-state index in [0.717, 1.165) is 18.1 Å². The summed E-state index contributed by atoms with van der Waals surface area (Å²) < 4.78 is 0. The molecule has 1 heterocycles. The topological polar surface area (TPSA) is 79.5 Å². The fraction of sp³-hybridized carbons (Fsp3) is 0.294. The number of halogens is 1. The first-order valence-corrected chi connectivity index (χ1v) is 8.39. The summed E-state index contributed by atoms with van der Waals surface area (Å²) in [4.78, 5) is 15.4. The van der Waals surface area contributed by atoms with Crippen LogP contribution in [0.1, 0.15) is 34.3 Å². The minimum absolute atomic E-state index is 0. The average Bonchev–Trinajstić information content (AvgIpc) is 3.09. The summed E-state index contributed by atoms with van der Waals surface area (Å²) in [5.41, 5.74) is 8.12. The van der Waals surface area contributed by atoms with Crippen LogP contribution in [0.3, 0.4) is 0 Å². The number of nitrogens with zero attached hydrogens (tertiary/aromatic N) is 1. The van der Waals surface area contributed by atoms with Crippen LogP contribution in [0.25, 0.3) is 0 Å². The van der Waals surface area contributed by atoms with Gasteiger partial charge in [-0.1, -0.05) is 19.1 Å². The Kier molecular flexibility index (Phi) is 8.77. The van der Waals surface area contributed by atoms with Gasteiger partial charge >= 0.3 is 0 Å². The minimum atomic E-state index is -0.418. The number of nitrogens with one attached hydrogen (secondary N) is 2. The molecular formula is C17H23IN4OS. The Morgan fingerprint density at radius 3 is 2.75 bits per heavy atom. The molecule has 0 bridgehead atoms. The van der Waals surface area contributed by atoms with Crippen molar-refractivity contribution < 1.29 is 4.79 Å². The summed E-state index contributed by atoms with van der Waals surface area (Å²) in [5.74, 6) is 0.730. The summed E-state index contributed by atoms with van der Waals surface area (Å²) in [7, 11) is 1.74. The third kappa shape index (κ3) is 6.12. The molecule has 1 aromatic carbocycles. The summed E-state index contributed by atoms with van der Waals surface area (Å²) in [6.07, 6.45) is 0. The Labute approximate surface area is 163 Å². The van der Waals surface area contributed by atoms with E-state index in [1.54, 1.807) is 30.5 Å². The van der Waals surface area contributed by atoms with E-state index < -0.39 is 5.91 Å². The van der Waals surface area contributed by atoms with E-state index in [4.69, 9.17) is 5.73 Å². The van der Waals surface area contributed by atoms with Gasteiger partial charge in [0.05, 0.1) is 0 Å². The largest absolute Gasteiger partial charge is 0.366 e. The second kappa shape index (κ2) is 10.3. The lowest BCUT2D eigenvalue weighted by molar-refractivity contribution is 0.1000. The molecule has 7 heteroatoms. The van der Waals surface area contributed by atoms with Crippen LogP contribution in [0.4, 0.5) is 0 Å². The van der Waals surface area contributed by atoms with Crippen molar-refractivity contribution in [1.29, 1.82) is 0 Å². The van der Waals surface area contributed by atoms with Gasteiger partial charge in [0.1, 0.15) is 0 Å². The molecule has 4 N–H and O–H groups in total. The predicted octanol–water partition coefficient (Wildman–Crippen LogP) is 2.93. The van der Waals surface area contributed by atoms with Crippen LogP contribution < -0.4 is 16.4 Å². The molecule has 0 radical (unpaired) electrons. The van der Waals surface area contributed by atoms with Crippen LogP contribution >= 0.6 is 35.3 Å². The SMILES string of the molecule is CN=C(NCc1cccc(C(N)=O)c1)NCC(C)c1ccsc1.I. The standard InChI is InChI=1S/C17H22N4OS.HI/c1-12(15-6-7-23-11-15)9-20-17(19-2)21-10-13-4-3-5-14(8-13)16(18)22;/h3-8,11-12H,9-10H2,1-2H3,(H2,18,22)(H2,19,20,21);1H. The van der Waals surface area contributed by atoms with E-state index >= 15 is 0 Å². The molecule has 0 aliphatic heterocycles. The Balaban J connectivity index is 0.00000288. The van der Waals surface area contributed by atoms with Gasteiger partial charge in [-0.2, -0.15) is 11.3 Å². The van der Waals surface area contributed by atoms with Crippen molar-refractivity contribution in [3.8, 4) is 0 Å². The number of guanidine groups is 1. The van der Waals surface area contributed by atoms with E-state index in [1.165, 1.54) is 5.56 Å². The van der Waals surface area contributed by atoms with Gasteiger partial charge in [-0.15, -0.1) is 24.0 Å². The number of hydrogen-bond acceptors (Lipinski definition) is 3. The maximum Gasteiger partial charge on any atom is 0.248 e. The molecular weight excluding hydrogens is 435 g/mol. The Hall–Kier alpha value is -1.61. The molecule has 2 rings (SSSR count). The molecule has 0 aliphatic carbocycles. The van der Waals surface area contributed by atoms with Crippen molar-refractivity contribution in [2.24, 2.45) is 10.7 Å². The van der Waals surface area contributed by atoms with Crippen molar-refractivity contribution in [1.82, 2.24) is 10.6 Å². The average molecular weight is 458 g/mol. The summed E-state index contributed by atoms with van der Waals surface area (Å²) in [6, 6.07) is 9.41. The van der Waals surface area contributed by atoms with Crippen LogP contribution in [0.2, 0.25) is 0 Å². The van der Waals surface area contributed by atoms with Crippen molar-refractivity contribution >= 4 is 47.2 Å². The molecule has 1 amide bonds. The molecule has 0 aliphatic rings. The number of nitrogens with two attached hydrogens (primary N) is 1. The van der Waals surface area contributed by atoms with Gasteiger partial charge in [0.15, 0.2) is 5.96 Å². The fourth-order valence-electron chi connectivity index (χ4n) is 2.16. The molecule has 1 unspecified atom stereocenters. The summed E-state index contributed by atoms with van der Waals surface area (Å²) in [6.45, 7) is 3.56. The van der Waals surface area contributed by atoms with Gasteiger partial charge in [0, 0.05) is 25.7 Å². The van der Waals surface area contributed by atoms with Crippen molar-refractivity contribution in [3.63, 3.8) is 0 Å². The molecule has 1 atom stereocenters. The zero-order valence-electron chi connectivity index (χ0n) is 13.8. The second-order valence-corrected chi connectivity index (χ2v) is 6.11. The maximum absolute atomic E-state index is 11.2. The first-order valence-electron chi connectivity index (χ1n) is 7.45. The third-order valence-electron chi connectivity index (χ3n) is 3.58. The number of carbonyl (C=O) groups is 1. The van der Waals surface area contributed by atoms with Crippen LogP contribution in [0.15, 0.2) is 46.1 Å². The van der Waals surface area contributed by atoms with E-state index in [0.29, 0.717) is 18.0 Å². The predicted molar refractivity (Wildman–Crippen MR) is 111 cm³/mol. The van der Waals surface area contributed by atoms with E-state index in [-0.39, 0.29) is 24.0 Å². The molecule has 24 heavy (non-hydrogen) atoms. The van der Waals surface area contributed by atoms with E-state index in [9.17, 15) is 4.79 Å². The Morgan fingerprint density at radius 2 is 2.12 bits per heavy atom. The Morgan fingerprint density at radius 1 is 1.33 bits per heavy atom. The van der Waals surface area contributed by atoms with E-state index in [1.807, 2.05) is 12.1 Å². The summed E-state index contributed by atoms with van der Waals surface area (Å²) in [5, 5.41) is 10.8. The number of thiophene rings is 1. The van der Waals surface area contributed by atoms with Gasteiger partial charge < -0.3 is 16.4 Å². The fourth-order valence-corrected chi connectivity index (χ4v) is 2.95. The lowest BCUT2D eigenvalue weighted by Gasteiger charge is -2.15. The highest BCUT2D eigenvalue weighted by Gasteiger charge is 2.07. The number of carbonyl (C=O) groups excluding carboxylic acids is 1. The monoisotopic (exact) mass is 458 g/mol. The zero-order chi connectivity index (χ0) is 16.7. The number of hydrogen-bond donors (Lipinski definition) is 3. The van der Waals surface area contributed by atoms with E-state index in [2.05, 4.69) is 39.4 Å². The van der Waals surface area contributed by atoms with Gasteiger partial charge in [-0.3, -0.25) is 9.79 Å². The third-order valence-corrected chi connectivity index (χ3v) is 4.28. The first-order chi connectivity index (χ1) is 11.1. The van der Waals surface area contributed by atoms with Gasteiger partial charge in [-0.05, 0) is 46.0 Å². The molecule has 0 spiro atoms. The normalized spacial score (nSPS) is 12.2. The molecule has 0 fully saturated rings. The highest BCUT2D eigenvalue weighted by Crippen LogP contribution is 2.16. The molecule has 0 saturated carbocycles. The number of amides is 1. The smallest absolute Gasteiger partial charge is 0.248 e. The van der Waals surface area contributed by atoms with Crippen LogP contribution in [0, 0.1) is 0 Å². The van der Waals surface area contributed by atoms with Gasteiger partial charge in [-0.25, -0.2) is 0 Å². The highest BCUT2D eigenvalue weighted by molar-refractivity contribution is 14.0. The number of aliphatic imine (C=N–C) groups is 1. The first kappa shape index (κ1) is 20.4. The number of benzene rings is 1. The van der Waals surface area contributed by atoms with Crippen molar-refractivity contribution in [2.45, 2.75) is 19.4 Å². The molecule has 0 saturated heterocycles. The molecule has 5 nitrogen and oxygen atoms in total. The molecule has 1 aromatic heterocycles. The van der Waals surface area contributed by atoms with Gasteiger partial charge in [0.2, 0.25) is 5.91 Å². The minimum Gasteiger partial charge on any atom is -0.366 e. The van der Waals surface area contributed by atoms with Crippen molar-refractivity contribution in [2.75, 3.05) is 13.6 Å². The zero-order valence-corrected chi connectivity index (χ0v) is 16.9. The quantitative estimate of drug-likeness (QED) is 0.354. The Bertz CT molecular complexity index is 673. The molecule has 2 aromatic rings. The number of rotatable bonds is 6. The van der Waals surface area contributed by atoms with Crippen molar-refractivity contribution in [3.05, 3.63) is 57.8 Å². The molecule has 130 valence electrons. The lowest BCUT2D eigenvalue weighted by atomic mass is 10.1.